The third-order valence-corrected chi connectivity index (χ3v) is 4.80. The second kappa shape index (κ2) is 12.2. The average Bonchev–Trinajstić information content (AvgIpc) is 2.85. The molecule has 1 aromatic heterocycles. The molecule has 0 spiro atoms. The minimum Gasteiger partial charge on any atom is -0.493 e. The van der Waals surface area contributed by atoms with Crippen LogP contribution in [-0.4, -0.2) is 38.7 Å². The molecule has 0 saturated heterocycles. The van der Waals surface area contributed by atoms with Gasteiger partial charge >= 0.3 is 11.6 Å². The fourth-order valence-corrected chi connectivity index (χ4v) is 3.09. The summed E-state index contributed by atoms with van der Waals surface area (Å²) in [6.45, 7) is 2.96. The number of ether oxygens (including phenoxy) is 3. The number of esters is 1. The van der Waals surface area contributed by atoms with Gasteiger partial charge in [-0.05, 0) is 48.7 Å². The highest BCUT2D eigenvalue weighted by Gasteiger charge is 2.13. The lowest BCUT2D eigenvalue weighted by Crippen LogP contribution is -2.29. The molecule has 0 radical (unpaired) electrons. The number of hydrogen-bond acceptors (Lipinski definition) is 7. The number of para-hydroxylation sites is 1. The van der Waals surface area contributed by atoms with Crippen molar-refractivity contribution in [2.75, 3.05) is 26.9 Å². The van der Waals surface area contributed by atoms with Crippen molar-refractivity contribution >= 4 is 28.9 Å². The third kappa shape index (κ3) is 6.71. The molecule has 3 aromatic rings. The molecule has 0 unspecified atom stereocenters. The first-order chi connectivity index (χ1) is 16.5. The number of benzene rings is 2. The number of carbonyl (C=O) groups excluding carboxylic acids is 2. The summed E-state index contributed by atoms with van der Waals surface area (Å²) >= 11 is 0. The van der Waals surface area contributed by atoms with E-state index in [4.69, 9.17) is 18.6 Å². The molecule has 34 heavy (non-hydrogen) atoms. The Bertz CT molecular complexity index is 1230. The molecule has 8 heteroatoms. The van der Waals surface area contributed by atoms with Gasteiger partial charge in [0.05, 0.1) is 20.3 Å². The molecule has 0 bridgehead atoms. The molecule has 178 valence electrons. The predicted molar refractivity (Wildman–Crippen MR) is 128 cm³/mol. The summed E-state index contributed by atoms with van der Waals surface area (Å²) in [5.41, 5.74) is 0.414. The van der Waals surface area contributed by atoms with Gasteiger partial charge in [0.1, 0.15) is 11.1 Å². The topological polar surface area (TPSA) is 104 Å². The number of nitrogens with one attached hydrogen (secondary N) is 1. The number of amides is 1. The number of hydrogen-bond donors (Lipinski definition) is 1. The third-order valence-electron chi connectivity index (χ3n) is 4.80. The van der Waals surface area contributed by atoms with Crippen LogP contribution in [0.25, 0.3) is 17.0 Å². The van der Waals surface area contributed by atoms with Gasteiger partial charge < -0.3 is 23.9 Å². The lowest BCUT2D eigenvalue weighted by atomic mass is 10.2. The number of rotatable bonds is 11. The lowest BCUT2D eigenvalue weighted by molar-refractivity contribution is -0.137. The Morgan fingerprint density at radius 2 is 1.88 bits per heavy atom. The normalized spacial score (nSPS) is 10.9. The molecule has 0 saturated carbocycles. The zero-order valence-corrected chi connectivity index (χ0v) is 19.2. The largest absolute Gasteiger partial charge is 0.493 e. The maximum Gasteiger partial charge on any atom is 0.349 e. The van der Waals surface area contributed by atoms with Crippen LogP contribution in [0.2, 0.25) is 0 Å². The van der Waals surface area contributed by atoms with Gasteiger partial charge in [-0.15, -0.1) is 0 Å². The van der Waals surface area contributed by atoms with Crippen LogP contribution in [0.15, 0.2) is 63.8 Å². The second-order valence-electron chi connectivity index (χ2n) is 7.35. The summed E-state index contributed by atoms with van der Waals surface area (Å²) in [6.07, 6.45) is 4.22. The van der Waals surface area contributed by atoms with Gasteiger partial charge in [-0.1, -0.05) is 31.2 Å². The van der Waals surface area contributed by atoms with E-state index in [0.717, 1.165) is 12.0 Å². The van der Waals surface area contributed by atoms with Crippen LogP contribution in [-0.2, 0) is 9.53 Å². The molecule has 0 atom stereocenters. The highest BCUT2D eigenvalue weighted by Crippen LogP contribution is 2.28. The van der Waals surface area contributed by atoms with E-state index in [-0.39, 0.29) is 18.7 Å². The summed E-state index contributed by atoms with van der Waals surface area (Å²) in [6, 6.07) is 13.8. The quantitative estimate of drug-likeness (QED) is 0.198. The van der Waals surface area contributed by atoms with E-state index < -0.39 is 17.5 Å². The van der Waals surface area contributed by atoms with Crippen molar-refractivity contribution in [1.29, 1.82) is 0 Å². The van der Waals surface area contributed by atoms with E-state index >= 15 is 0 Å². The van der Waals surface area contributed by atoms with E-state index in [9.17, 15) is 14.4 Å². The van der Waals surface area contributed by atoms with E-state index in [1.165, 1.54) is 12.1 Å². The molecule has 0 fully saturated rings. The predicted octanol–water partition coefficient (Wildman–Crippen LogP) is 3.97. The van der Waals surface area contributed by atoms with Crippen molar-refractivity contribution in [1.82, 2.24) is 5.32 Å². The monoisotopic (exact) mass is 465 g/mol. The summed E-state index contributed by atoms with van der Waals surface area (Å²) in [7, 11) is 1.56. The van der Waals surface area contributed by atoms with Gasteiger partial charge in [0.2, 0.25) is 0 Å². The minimum absolute atomic E-state index is 0.0693. The Kier molecular flexibility index (Phi) is 8.85. The zero-order chi connectivity index (χ0) is 24.3. The van der Waals surface area contributed by atoms with Crippen LogP contribution in [0.1, 0.15) is 35.7 Å². The Morgan fingerprint density at radius 1 is 1.06 bits per heavy atom. The van der Waals surface area contributed by atoms with E-state index in [1.54, 1.807) is 49.6 Å². The minimum atomic E-state index is -0.700. The lowest BCUT2D eigenvalue weighted by Gasteiger charge is -2.10. The van der Waals surface area contributed by atoms with Crippen molar-refractivity contribution in [2.24, 2.45) is 0 Å². The first-order valence-electron chi connectivity index (χ1n) is 11.0. The van der Waals surface area contributed by atoms with Crippen LogP contribution in [0, 0.1) is 0 Å². The number of carbonyl (C=O) groups is 2. The van der Waals surface area contributed by atoms with Gasteiger partial charge in [0.25, 0.3) is 5.91 Å². The Balaban J connectivity index is 1.43. The van der Waals surface area contributed by atoms with Gasteiger partial charge in [-0.3, -0.25) is 4.79 Å². The molecule has 0 aliphatic heterocycles. The summed E-state index contributed by atoms with van der Waals surface area (Å²) in [5.74, 6) is 0.186. The number of fused-ring (bicyclic) bond motifs is 1. The van der Waals surface area contributed by atoms with Gasteiger partial charge in [0, 0.05) is 18.0 Å². The first-order valence-corrected chi connectivity index (χ1v) is 11.0. The Morgan fingerprint density at radius 3 is 2.68 bits per heavy atom. The van der Waals surface area contributed by atoms with Crippen LogP contribution in [0.4, 0.5) is 0 Å². The second-order valence-corrected chi connectivity index (χ2v) is 7.35. The SMILES string of the molecule is CCCOc1ccc(/C=C/C(=O)OCCCNC(=O)c2cc3ccccc3oc2=O)cc1OC. The highest BCUT2D eigenvalue weighted by molar-refractivity contribution is 5.96. The van der Waals surface area contributed by atoms with Crippen molar-refractivity contribution in [2.45, 2.75) is 19.8 Å². The summed E-state index contributed by atoms with van der Waals surface area (Å²) < 4.78 is 21.3. The fraction of sp³-hybridized carbons (Fsp3) is 0.269. The average molecular weight is 466 g/mol. The zero-order valence-electron chi connectivity index (χ0n) is 19.2. The van der Waals surface area contributed by atoms with Crippen LogP contribution >= 0.6 is 0 Å². The summed E-state index contributed by atoms with van der Waals surface area (Å²) in [5, 5.41) is 3.30. The van der Waals surface area contributed by atoms with Gasteiger partial charge in [-0.25, -0.2) is 9.59 Å². The summed E-state index contributed by atoms with van der Waals surface area (Å²) in [4.78, 5) is 36.3. The standard InChI is InChI=1S/C26H27NO7/c1-3-14-32-22-11-9-18(16-23(22)31-2)10-12-24(28)33-15-6-13-27-25(29)20-17-19-7-4-5-8-21(19)34-26(20)30/h4-5,7-12,16-17H,3,6,13-15H2,1-2H3,(H,27,29)/b12-10+. The Hall–Kier alpha value is -4.07. The van der Waals surface area contributed by atoms with Crippen molar-refractivity contribution in [3.8, 4) is 11.5 Å². The fourth-order valence-electron chi connectivity index (χ4n) is 3.09. The van der Waals surface area contributed by atoms with Gasteiger partial charge in [0.15, 0.2) is 11.5 Å². The van der Waals surface area contributed by atoms with Crippen molar-refractivity contribution < 1.29 is 28.2 Å². The first kappa shape index (κ1) is 24.6. The molecular formula is C26H27NO7. The maximum atomic E-state index is 12.3. The molecule has 1 amide bonds. The van der Waals surface area contributed by atoms with Crippen LogP contribution in [0.5, 0.6) is 11.5 Å². The smallest absolute Gasteiger partial charge is 0.349 e. The van der Waals surface area contributed by atoms with Crippen LogP contribution in [0.3, 0.4) is 0 Å². The van der Waals surface area contributed by atoms with Crippen LogP contribution < -0.4 is 20.4 Å². The van der Waals surface area contributed by atoms with E-state index in [0.29, 0.717) is 35.5 Å². The van der Waals surface area contributed by atoms with Crippen molar-refractivity contribution in [3.63, 3.8) is 0 Å². The molecule has 2 aromatic carbocycles. The molecule has 3 rings (SSSR count). The van der Waals surface area contributed by atoms with Gasteiger partial charge in [-0.2, -0.15) is 0 Å². The highest BCUT2D eigenvalue weighted by atomic mass is 16.5. The molecule has 1 heterocycles. The number of methoxy groups -OCH3 is 1. The molecule has 0 aliphatic carbocycles. The van der Waals surface area contributed by atoms with E-state index in [1.807, 2.05) is 13.0 Å². The molecule has 1 N–H and O–H groups in total. The molecule has 8 nitrogen and oxygen atoms in total. The molecular weight excluding hydrogens is 438 g/mol. The molecule has 0 aliphatic rings. The van der Waals surface area contributed by atoms with Crippen molar-refractivity contribution in [3.05, 3.63) is 76.2 Å². The maximum absolute atomic E-state index is 12.3. The Labute approximate surface area is 197 Å². The van der Waals surface area contributed by atoms with E-state index in [2.05, 4.69) is 5.32 Å².